The fourth-order valence-electron chi connectivity index (χ4n) is 7.65. The third-order valence-corrected chi connectivity index (χ3v) is 17.6. The van der Waals surface area contributed by atoms with Gasteiger partial charge < -0.3 is 23.6 Å². The number of nitrogens with zero attached hydrogens (tertiary/aromatic N) is 3. The van der Waals surface area contributed by atoms with Crippen molar-refractivity contribution in [1.82, 2.24) is 24.6 Å². The minimum absolute atomic E-state index is 0.129. The summed E-state index contributed by atoms with van der Waals surface area (Å²) >= 11 is -1.90. The lowest BCUT2D eigenvalue weighted by Gasteiger charge is -2.58. The number of hydrogen-bond acceptors (Lipinski definition) is 7. The second-order valence-corrected chi connectivity index (χ2v) is 23.9. The third-order valence-electron chi connectivity index (χ3n) is 11.4. The van der Waals surface area contributed by atoms with Gasteiger partial charge in [-0.1, -0.05) is 32.9 Å². The fourth-order valence-corrected chi connectivity index (χ4v) is 10.1. The van der Waals surface area contributed by atoms with Crippen LogP contribution in [0.1, 0.15) is 100 Å². The first-order chi connectivity index (χ1) is 25.4. The molecule has 0 saturated heterocycles. The fraction of sp³-hybridized carbons (Fsp3) is 0.500. The zero-order chi connectivity index (χ0) is 40.3. The number of benzene rings is 2. The van der Waals surface area contributed by atoms with Crippen LogP contribution < -0.4 is 14.8 Å². The number of hydrogen-bond donors (Lipinski definition) is 2. The van der Waals surface area contributed by atoms with Crippen LogP contribution in [-0.2, 0) is 21.3 Å². The number of nitrogens with one attached hydrogen (secondary N) is 2. The number of fused-ring (bicyclic) bond motifs is 9. The number of carbonyl (C=O) groups excluding carboxylic acids is 1. The molecule has 1 saturated carbocycles. The minimum Gasteiger partial charge on any atom is -0.598 e. The molecule has 9 nitrogen and oxygen atoms in total. The molecule has 1 unspecified atom stereocenters. The van der Waals surface area contributed by atoms with Gasteiger partial charge in [0, 0.05) is 47.1 Å². The molecule has 55 heavy (non-hydrogen) atoms. The molecule has 4 aromatic rings. The summed E-state index contributed by atoms with van der Waals surface area (Å²) in [6, 6.07) is 9.60. The molecule has 17 heteroatoms. The number of pyridine rings is 1. The van der Waals surface area contributed by atoms with E-state index < -0.39 is 90.0 Å². The van der Waals surface area contributed by atoms with E-state index in [2.05, 4.69) is 15.0 Å². The molecule has 2 bridgehead atoms. The molecule has 2 N–H and O–H groups in total. The van der Waals surface area contributed by atoms with Gasteiger partial charge in [-0.3, -0.25) is 9.78 Å². The van der Waals surface area contributed by atoms with Gasteiger partial charge in [-0.25, -0.2) is 9.37 Å². The van der Waals surface area contributed by atoms with Gasteiger partial charge in [-0.2, -0.15) is 22.0 Å². The van der Waals surface area contributed by atoms with E-state index in [-0.39, 0.29) is 17.0 Å². The quantitative estimate of drug-likeness (QED) is 0.104. The van der Waals surface area contributed by atoms with Gasteiger partial charge in [-0.05, 0) is 81.2 Å². The SMILES string of the molecule is CC(C)(C)[S+]([O-])NC1(c2ncc(-c3ccc4nc5n(c4c3)[C@@H]3C[C@H]5NC(=O)c4cccc(OC(F)F)c43)cc2F)CC(O[Si](C)(C)C(C)(C)C)(C(F)(F)F)C1. The molecule has 1 fully saturated rings. The predicted molar refractivity (Wildman–Crippen MR) is 198 cm³/mol. The van der Waals surface area contributed by atoms with Gasteiger partial charge in [0.15, 0.2) is 13.9 Å². The number of ether oxygens (including phenoxy) is 1. The molecule has 7 rings (SSSR count). The van der Waals surface area contributed by atoms with E-state index in [1.165, 1.54) is 24.4 Å². The van der Waals surface area contributed by atoms with Gasteiger partial charge in [0.05, 0.1) is 23.1 Å². The van der Waals surface area contributed by atoms with Crippen LogP contribution in [0, 0.1) is 5.82 Å². The monoisotopic (exact) mass is 807 g/mol. The van der Waals surface area contributed by atoms with E-state index in [4.69, 9.17) is 14.1 Å². The molecule has 0 radical (unpaired) electrons. The highest BCUT2D eigenvalue weighted by atomic mass is 32.2. The summed E-state index contributed by atoms with van der Waals surface area (Å²) < 4.78 is 117. The van der Waals surface area contributed by atoms with Gasteiger partial charge >= 0.3 is 12.8 Å². The van der Waals surface area contributed by atoms with Crippen LogP contribution in [0.2, 0.25) is 18.1 Å². The second kappa shape index (κ2) is 12.9. The molecule has 296 valence electrons. The molecule has 0 spiro atoms. The van der Waals surface area contributed by atoms with E-state index in [0.717, 1.165) is 0 Å². The molecule has 3 atom stereocenters. The van der Waals surface area contributed by atoms with Gasteiger partial charge in [0.1, 0.15) is 33.4 Å². The van der Waals surface area contributed by atoms with Crippen molar-refractivity contribution < 1.29 is 44.9 Å². The van der Waals surface area contributed by atoms with Gasteiger partial charge in [0.2, 0.25) is 0 Å². The first kappa shape index (κ1) is 39.6. The lowest BCUT2D eigenvalue weighted by Crippen LogP contribution is -2.73. The highest BCUT2D eigenvalue weighted by Gasteiger charge is 2.73. The Morgan fingerprint density at radius 1 is 1.05 bits per heavy atom. The highest BCUT2D eigenvalue weighted by molar-refractivity contribution is 7.90. The molecule has 2 aliphatic heterocycles. The number of alkyl halides is 5. The van der Waals surface area contributed by atoms with Crippen LogP contribution >= 0.6 is 0 Å². The van der Waals surface area contributed by atoms with Crippen molar-refractivity contribution in [2.24, 2.45) is 0 Å². The number of amides is 1. The summed E-state index contributed by atoms with van der Waals surface area (Å²) in [5.74, 6) is -0.945. The number of rotatable bonds is 8. The van der Waals surface area contributed by atoms with Gasteiger partial charge in [0.25, 0.3) is 5.91 Å². The Hall–Kier alpha value is -3.64. The standard InChI is InChI=1S/C38H43F6N5O4SSi/c1-34(2,3)54(51)48-36(18-37(19-36,38(42,43)44)53-55(7,8)35(4,5)6)30-23(39)14-21(17-45-30)20-12-13-24-26(15-20)49-27-16-25(31(49)46-24)47-32(50)22-10-9-11-28(29(22)27)52-33(40)41/h9-15,17,25,27,33,48H,16,18-19H2,1-8H3,(H,47,50)/t25-,27-,36?,37?,54?/m1/s1. The Balaban J connectivity index is 1.28. The van der Waals surface area contributed by atoms with Crippen LogP contribution in [0.4, 0.5) is 26.3 Å². The van der Waals surface area contributed by atoms with Crippen molar-refractivity contribution >= 4 is 36.6 Å². The van der Waals surface area contributed by atoms with E-state index in [0.29, 0.717) is 40.0 Å². The summed E-state index contributed by atoms with van der Waals surface area (Å²) in [6.45, 7) is 10.8. The van der Waals surface area contributed by atoms with E-state index in [1.807, 2.05) is 25.3 Å². The normalized spacial score (nSPS) is 24.6. The second-order valence-electron chi connectivity index (χ2n) is 17.2. The predicted octanol–water partition coefficient (Wildman–Crippen LogP) is 8.98. The van der Waals surface area contributed by atoms with Crippen LogP contribution in [0.5, 0.6) is 5.75 Å². The van der Waals surface area contributed by atoms with Crippen molar-refractivity contribution in [3.8, 4) is 16.9 Å². The molecule has 1 aliphatic carbocycles. The average molecular weight is 808 g/mol. The minimum atomic E-state index is -4.80. The maximum absolute atomic E-state index is 16.5. The Morgan fingerprint density at radius 3 is 2.35 bits per heavy atom. The highest BCUT2D eigenvalue weighted by Crippen LogP contribution is 2.60. The van der Waals surface area contributed by atoms with Crippen molar-refractivity contribution in [1.29, 1.82) is 0 Å². The summed E-state index contributed by atoms with van der Waals surface area (Å²) in [5.41, 5.74) is -2.27. The van der Waals surface area contributed by atoms with Crippen molar-refractivity contribution in [3.63, 3.8) is 0 Å². The van der Waals surface area contributed by atoms with E-state index >= 15 is 4.39 Å². The summed E-state index contributed by atoms with van der Waals surface area (Å²) in [6.07, 6.45) is -4.57. The molecule has 3 aliphatic rings. The molecule has 2 aromatic heterocycles. The topological polar surface area (TPSA) is 113 Å². The van der Waals surface area contributed by atoms with Crippen LogP contribution in [0.3, 0.4) is 0 Å². The lowest BCUT2D eigenvalue weighted by atomic mass is 9.63. The van der Waals surface area contributed by atoms with Crippen molar-refractivity contribution in [2.75, 3.05) is 0 Å². The smallest absolute Gasteiger partial charge is 0.416 e. The largest absolute Gasteiger partial charge is 0.598 e. The van der Waals surface area contributed by atoms with Crippen LogP contribution in [-0.4, -0.2) is 56.4 Å². The van der Waals surface area contributed by atoms with E-state index in [1.54, 1.807) is 58.1 Å². The summed E-state index contributed by atoms with van der Waals surface area (Å²) in [5, 5.41) is 2.39. The van der Waals surface area contributed by atoms with Crippen molar-refractivity contribution in [2.45, 2.75) is 120 Å². The molecule has 1 amide bonds. The lowest BCUT2D eigenvalue weighted by molar-refractivity contribution is -0.298. The zero-order valence-electron chi connectivity index (χ0n) is 31.6. The molecule has 2 aromatic carbocycles. The number of imidazole rings is 1. The van der Waals surface area contributed by atoms with Gasteiger partial charge in [-0.15, -0.1) is 4.72 Å². The third kappa shape index (κ3) is 6.62. The van der Waals surface area contributed by atoms with E-state index in [9.17, 15) is 31.3 Å². The van der Waals surface area contributed by atoms with Crippen LogP contribution in [0.15, 0.2) is 48.7 Å². The Bertz CT molecular complexity index is 2180. The molecular formula is C38H43F6N5O4SSi. The average Bonchev–Trinajstić information content (AvgIpc) is 3.53. The molecular weight excluding hydrogens is 765 g/mol. The van der Waals surface area contributed by atoms with Crippen LogP contribution in [0.25, 0.3) is 22.2 Å². The molecule has 4 heterocycles. The maximum atomic E-state index is 16.5. The Morgan fingerprint density at radius 2 is 1.75 bits per heavy atom. The zero-order valence-corrected chi connectivity index (χ0v) is 33.4. The first-order valence-electron chi connectivity index (χ1n) is 17.9. The number of aromatic nitrogens is 3. The number of carbonyl (C=O) groups is 1. The summed E-state index contributed by atoms with van der Waals surface area (Å²) in [7, 11) is -3.00. The first-order valence-corrected chi connectivity index (χ1v) is 22.0. The Labute approximate surface area is 319 Å². The summed E-state index contributed by atoms with van der Waals surface area (Å²) in [4.78, 5) is 22.3. The number of halogens is 6. The van der Waals surface area contributed by atoms with Crippen molar-refractivity contribution in [3.05, 3.63) is 77.1 Å². The maximum Gasteiger partial charge on any atom is 0.416 e. The Kier molecular flexibility index (Phi) is 9.32.